The van der Waals surface area contributed by atoms with Crippen molar-refractivity contribution in [2.45, 2.75) is 19.9 Å². The van der Waals surface area contributed by atoms with Crippen molar-refractivity contribution < 1.29 is 13.5 Å². The van der Waals surface area contributed by atoms with E-state index in [9.17, 15) is 8.78 Å². The van der Waals surface area contributed by atoms with Gasteiger partial charge in [0, 0.05) is 24.5 Å². The van der Waals surface area contributed by atoms with Crippen LogP contribution in [0.25, 0.3) is 0 Å². The second-order valence-electron chi connectivity index (χ2n) is 6.49. The molecule has 0 unspecified atom stereocenters. The minimum Gasteiger partial charge on any atom is -0.489 e. The molecule has 0 aliphatic carbocycles. The van der Waals surface area contributed by atoms with Gasteiger partial charge in [-0.3, -0.25) is 0 Å². The Hall–Kier alpha value is -2.28. The molecule has 0 atom stereocenters. The first-order valence-electron chi connectivity index (χ1n) is 9.50. The molecule has 0 saturated heterocycles. The average Bonchev–Trinajstić information content (AvgIpc) is 3.35. The first-order chi connectivity index (χ1) is 14.5. The number of benzene rings is 1. The molecule has 1 aromatic carbocycles. The van der Waals surface area contributed by atoms with E-state index in [-0.39, 0.29) is 36.3 Å². The Morgan fingerprint density at radius 1 is 1.19 bits per heavy atom. The highest BCUT2D eigenvalue weighted by atomic mass is 127. The summed E-state index contributed by atoms with van der Waals surface area (Å²) in [5.41, 5.74) is 0. The summed E-state index contributed by atoms with van der Waals surface area (Å²) in [5.74, 6) is 0.802. The highest BCUT2D eigenvalue weighted by Crippen LogP contribution is 2.17. The molecule has 2 heterocycles. The van der Waals surface area contributed by atoms with Gasteiger partial charge in [0.2, 0.25) is 0 Å². The molecule has 3 aromatic rings. The van der Waals surface area contributed by atoms with Crippen molar-refractivity contribution in [2.24, 2.45) is 12.0 Å². The number of halogens is 3. The monoisotopic (exact) mass is 562 g/mol. The second-order valence-corrected chi connectivity index (χ2v) is 7.53. The van der Waals surface area contributed by atoms with Crippen LogP contribution in [0.2, 0.25) is 0 Å². The molecule has 2 N–H and O–H groups in total. The number of aliphatic imine (C=N–C) groups is 1. The summed E-state index contributed by atoms with van der Waals surface area (Å²) >= 11 is 1.71. The van der Waals surface area contributed by atoms with E-state index in [0.717, 1.165) is 30.2 Å². The van der Waals surface area contributed by atoms with Gasteiger partial charge in [0.25, 0.3) is 0 Å². The number of aromatic nitrogens is 3. The van der Waals surface area contributed by atoms with E-state index in [1.807, 2.05) is 30.0 Å². The van der Waals surface area contributed by atoms with Crippen molar-refractivity contribution in [3.8, 4) is 5.75 Å². The van der Waals surface area contributed by atoms with Crippen molar-refractivity contribution >= 4 is 41.3 Å². The SMILES string of the molecule is Cc1nnc(CN=C(NCCOc2ccc(F)cc2F)NCCc2cccs2)n1C.I. The molecule has 0 aliphatic heterocycles. The first kappa shape index (κ1) is 25.0. The number of nitrogens with zero attached hydrogens (tertiary/aromatic N) is 4. The van der Waals surface area contributed by atoms with Gasteiger partial charge in [0.15, 0.2) is 23.4 Å². The molecule has 0 fully saturated rings. The third kappa shape index (κ3) is 7.73. The van der Waals surface area contributed by atoms with Crippen LogP contribution in [0.1, 0.15) is 16.5 Å². The lowest BCUT2D eigenvalue weighted by Crippen LogP contribution is -2.40. The number of thiophene rings is 1. The maximum Gasteiger partial charge on any atom is 0.191 e. The zero-order chi connectivity index (χ0) is 21.3. The predicted molar refractivity (Wildman–Crippen MR) is 128 cm³/mol. The fourth-order valence-electron chi connectivity index (χ4n) is 2.59. The maximum absolute atomic E-state index is 13.6. The van der Waals surface area contributed by atoms with Crippen LogP contribution in [0.5, 0.6) is 5.75 Å². The van der Waals surface area contributed by atoms with E-state index in [1.165, 1.54) is 10.9 Å². The minimum absolute atomic E-state index is 0. The first-order valence-corrected chi connectivity index (χ1v) is 10.4. The fourth-order valence-corrected chi connectivity index (χ4v) is 3.30. The predicted octanol–water partition coefficient (Wildman–Crippen LogP) is 3.44. The largest absolute Gasteiger partial charge is 0.489 e. The number of nitrogens with one attached hydrogen (secondary N) is 2. The van der Waals surface area contributed by atoms with Gasteiger partial charge in [-0.15, -0.1) is 45.5 Å². The summed E-state index contributed by atoms with van der Waals surface area (Å²) < 4.78 is 33.9. The van der Waals surface area contributed by atoms with Crippen LogP contribution in [-0.2, 0) is 20.0 Å². The Balaban J connectivity index is 0.00000341. The molecule has 11 heteroatoms. The van der Waals surface area contributed by atoms with Gasteiger partial charge in [0.05, 0.1) is 6.54 Å². The Kier molecular flexibility index (Phi) is 10.1. The molecular weight excluding hydrogens is 537 g/mol. The van der Waals surface area contributed by atoms with Gasteiger partial charge in [-0.05, 0) is 36.9 Å². The summed E-state index contributed by atoms with van der Waals surface area (Å²) in [4.78, 5) is 5.83. The van der Waals surface area contributed by atoms with Crippen LogP contribution in [0, 0.1) is 18.6 Å². The van der Waals surface area contributed by atoms with Crippen molar-refractivity contribution in [3.05, 3.63) is 63.9 Å². The number of rotatable bonds is 9. The lowest BCUT2D eigenvalue weighted by Gasteiger charge is -2.13. The Morgan fingerprint density at radius 2 is 2.00 bits per heavy atom. The van der Waals surface area contributed by atoms with Crippen molar-refractivity contribution in [1.82, 2.24) is 25.4 Å². The molecular formula is C20H25F2IN6OS. The van der Waals surface area contributed by atoms with Crippen molar-refractivity contribution in [3.63, 3.8) is 0 Å². The fraction of sp³-hybridized carbons (Fsp3) is 0.350. The molecule has 2 aromatic heterocycles. The van der Waals surface area contributed by atoms with Crippen LogP contribution >= 0.6 is 35.3 Å². The molecule has 0 radical (unpaired) electrons. The van der Waals surface area contributed by atoms with E-state index >= 15 is 0 Å². The second kappa shape index (κ2) is 12.5. The zero-order valence-electron chi connectivity index (χ0n) is 17.3. The molecule has 31 heavy (non-hydrogen) atoms. The van der Waals surface area contributed by atoms with E-state index in [1.54, 1.807) is 11.3 Å². The summed E-state index contributed by atoms with van der Waals surface area (Å²) in [6, 6.07) is 7.34. The van der Waals surface area contributed by atoms with Crippen molar-refractivity contribution in [2.75, 3.05) is 19.7 Å². The van der Waals surface area contributed by atoms with E-state index in [2.05, 4.69) is 31.9 Å². The summed E-state index contributed by atoms with van der Waals surface area (Å²) in [6.45, 7) is 3.53. The van der Waals surface area contributed by atoms with Gasteiger partial charge in [-0.2, -0.15) is 0 Å². The van der Waals surface area contributed by atoms with Crippen molar-refractivity contribution in [1.29, 1.82) is 0 Å². The van der Waals surface area contributed by atoms with Gasteiger partial charge >= 0.3 is 0 Å². The van der Waals surface area contributed by atoms with Crippen LogP contribution in [-0.4, -0.2) is 40.4 Å². The van der Waals surface area contributed by atoms with Gasteiger partial charge in [0.1, 0.15) is 24.8 Å². The third-order valence-electron chi connectivity index (χ3n) is 4.35. The normalized spacial score (nSPS) is 11.2. The summed E-state index contributed by atoms with van der Waals surface area (Å²) in [6.07, 6.45) is 0.874. The molecule has 0 aliphatic rings. The Labute approximate surface area is 201 Å². The molecule has 0 saturated carbocycles. The van der Waals surface area contributed by atoms with Gasteiger partial charge in [-0.1, -0.05) is 6.07 Å². The molecule has 3 rings (SSSR count). The quantitative estimate of drug-likeness (QED) is 0.181. The topological polar surface area (TPSA) is 76.4 Å². The summed E-state index contributed by atoms with van der Waals surface area (Å²) in [7, 11) is 1.89. The molecule has 0 spiro atoms. The number of ether oxygens (including phenoxy) is 1. The number of guanidine groups is 1. The van der Waals surface area contributed by atoms with Gasteiger partial charge < -0.3 is 19.9 Å². The Morgan fingerprint density at radius 3 is 2.68 bits per heavy atom. The van der Waals surface area contributed by atoms with E-state index in [4.69, 9.17) is 4.74 Å². The number of aryl methyl sites for hydroxylation is 1. The van der Waals surface area contributed by atoms with Crippen LogP contribution < -0.4 is 15.4 Å². The smallest absolute Gasteiger partial charge is 0.191 e. The lowest BCUT2D eigenvalue weighted by atomic mass is 10.3. The molecule has 7 nitrogen and oxygen atoms in total. The average molecular weight is 562 g/mol. The highest BCUT2D eigenvalue weighted by molar-refractivity contribution is 14.0. The standard InChI is InChI=1S/C20H24F2N6OS.HI/c1-14-26-27-19(28(14)2)13-25-20(23-8-7-16-4-3-11-30-16)24-9-10-29-18-6-5-15(21)12-17(18)22;/h3-6,11-12H,7-10,13H2,1-2H3,(H2,23,24,25);1H. The number of hydrogen-bond acceptors (Lipinski definition) is 5. The minimum atomic E-state index is -0.726. The van der Waals surface area contributed by atoms with Gasteiger partial charge in [-0.25, -0.2) is 13.8 Å². The summed E-state index contributed by atoms with van der Waals surface area (Å²) in [5, 5.41) is 16.6. The lowest BCUT2D eigenvalue weighted by molar-refractivity contribution is 0.304. The van der Waals surface area contributed by atoms with Crippen LogP contribution in [0.3, 0.4) is 0 Å². The number of hydrogen-bond donors (Lipinski definition) is 2. The van der Waals surface area contributed by atoms with E-state index < -0.39 is 11.6 Å². The zero-order valence-corrected chi connectivity index (χ0v) is 20.4. The Bertz CT molecular complexity index is 980. The third-order valence-corrected chi connectivity index (χ3v) is 5.29. The van der Waals surface area contributed by atoms with Crippen LogP contribution in [0.15, 0.2) is 40.7 Å². The molecule has 168 valence electrons. The van der Waals surface area contributed by atoms with E-state index in [0.29, 0.717) is 25.6 Å². The highest BCUT2D eigenvalue weighted by Gasteiger charge is 2.07. The molecule has 0 amide bonds. The van der Waals surface area contributed by atoms with Crippen LogP contribution in [0.4, 0.5) is 8.78 Å². The maximum atomic E-state index is 13.6. The molecule has 0 bridgehead atoms.